The van der Waals surface area contributed by atoms with Crippen LogP contribution in [0.25, 0.3) is 5.69 Å². The highest BCUT2D eigenvalue weighted by Gasteiger charge is 2.31. The first-order valence-electron chi connectivity index (χ1n) is 5.58. The summed E-state index contributed by atoms with van der Waals surface area (Å²) in [6, 6.07) is 4.95. The Morgan fingerprint density at radius 1 is 1.35 bits per heavy atom. The molecule has 0 fully saturated rings. The van der Waals surface area contributed by atoms with Crippen LogP contribution in [-0.4, -0.2) is 28.2 Å². The Balaban J connectivity index is 2.31. The van der Waals surface area contributed by atoms with Crippen LogP contribution in [0, 0.1) is 0 Å². The maximum absolute atomic E-state index is 12.0. The number of aromatic amines is 1. The fourth-order valence-corrected chi connectivity index (χ4v) is 1.67. The Hall–Kier alpha value is -2.29. The van der Waals surface area contributed by atoms with Gasteiger partial charge in [-0.05, 0) is 31.3 Å². The van der Waals surface area contributed by atoms with Gasteiger partial charge in [0.1, 0.15) is 5.75 Å². The first-order valence-corrected chi connectivity index (χ1v) is 5.58. The van der Waals surface area contributed by atoms with Gasteiger partial charge >= 0.3 is 12.1 Å². The fourth-order valence-electron chi connectivity index (χ4n) is 1.67. The second-order valence-corrected chi connectivity index (χ2v) is 3.85. The Morgan fingerprint density at radius 2 is 2.00 bits per heavy atom. The van der Waals surface area contributed by atoms with Crippen molar-refractivity contribution in [2.45, 2.75) is 12.9 Å². The van der Waals surface area contributed by atoms with Crippen molar-refractivity contribution in [2.24, 2.45) is 0 Å². The Bertz CT molecular complexity index is 630. The van der Waals surface area contributed by atoms with Crippen LogP contribution >= 0.6 is 0 Å². The van der Waals surface area contributed by atoms with E-state index < -0.39 is 12.1 Å². The quantitative estimate of drug-likeness (QED) is 0.886. The summed E-state index contributed by atoms with van der Waals surface area (Å²) in [7, 11) is 1.68. The number of ether oxygens (including phenoxy) is 1. The normalized spacial score (nSPS) is 11.6. The van der Waals surface area contributed by atoms with Gasteiger partial charge in [0.2, 0.25) is 0 Å². The predicted octanol–water partition coefficient (Wildman–Crippen LogP) is 1.18. The molecule has 0 aliphatic heterocycles. The van der Waals surface area contributed by atoms with E-state index >= 15 is 0 Å². The molecule has 1 aromatic carbocycles. The number of H-pyrrole nitrogens is 1. The van der Waals surface area contributed by atoms with Gasteiger partial charge in [0, 0.05) is 0 Å². The van der Waals surface area contributed by atoms with Gasteiger partial charge in [-0.25, -0.2) is 14.5 Å². The molecule has 2 aromatic rings. The zero-order chi connectivity index (χ0) is 14.8. The van der Waals surface area contributed by atoms with Crippen LogP contribution in [0.5, 0.6) is 5.75 Å². The van der Waals surface area contributed by atoms with E-state index in [0.29, 0.717) is 18.1 Å². The van der Waals surface area contributed by atoms with Crippen molar-refractivity contribution in [3.05, 3.63) is 40.6 Å². The van der Waals surface area contributed by atoms with Crippen molar-refractivity contribution in [1.82, 2.24) is 20.1 Å². The van der Waals surface area contributed by atoms with Crippen LogP contribution in [0.1, 0.15) is 5.82 Å². The van der Waals surface area contributed by atoms with Crippen molar-refractivity contribution in [1.29, 1.82) is 0 Å². The average molecular weight is 288 g/mol. The van der Waals surface area contributed by atoms with E-state index in [1.165, 1.54) is 16.7 Å². The number of hydrogen-bond acceptors (Lipinski definition) is 4. The molecule has 0 radical (unpaired) electrons. The van der Waals surface area contributed by atoms with E-state index in [1.54, 1.807) is 7.05 Å². The summed E-state index contributed by atoms with van der Waals surface area (Å²) in [6.45, 7) is 0.333. The lowest BCUT2D eigenvalue weighted by Gasteiger charge is -2.10. The molecule has 1 aromatic heterocycles. The number of aromatic nitrogens is 3. The molecule has 0 unspecified atom stereocenters. The molecule has 0 aliphatic carbocycles. The molecule has 0 bridgehead atoms. The number of nitrogens with zero attached hydrogens (tertiary/aromatic N) is 2. The topological polar surface area (TPSA) is 71.9 Å². The molecule has 108 valence electrons. The van der Waals surface area contributed by atoms with Gasteiger partial charge in [-0.2, -0.15) is 5.10 Å². The number of alkyl halides is 3. The average Bonchev–Trinajstić information content (AvgIpc) is 2.70. The maximum Gasteiger partial charge on any atom is 0.573 e. The SMILES string of the molecule is CNCc1n[nH]c(=O)n1-c1ccc(OC(F)(F)F)cc1. The number of halogens is 3. The van der Waals surface area contributed by atoms with E-state index in [1.807, 2.05) is 0 Å². The molecule has 0 aliphatic rings. The first-order chi connectivity index (χ1) is 9.40. The van der Waals surface area contributed by atoms with Crippen LogP contribution in [0.3, 0.4) is 0 Å². The molecule has 6 nitrogen and oxygen atoms in total. The lowest BCUT2D eigenvalue weighted by atomic mass is 10.3. The second-order valence-electron chi connectivity index (χ2n) is 3.85. The minimum Gasteiger partial charge on any atom is -0.406 e. The molecule has 0 saturated heterocycles. The molecular weight excluding hydrogens is 277 g/mol. The third-order valence-corrected chi connectivity index (χ3v) is 2.41. The van der Waals surface area contributed by atoms with Crippen molar-refractivity contribution in [3.63, 3.8) is 0 Å². The lowest BCUT2D eigenvalue weighted by molar-refractivity contribution is -0.274. The van der Waals surface area contributed by atoms with Crippen LogP contribution < -0.4 is 15.7 Å². The van der Waals surface area contributed by atoms with E-state index in [0.717, 1.165) is 12.1 Å². The summed E-state index contributed by atoms with van der Waals surface area (Å²) in [6.07, 6.45) is -4.74. The summed E-state index contributed by atoms with van der Waals surface area (Å²) in [5, 5.41) is 8.93. The van der Waals surface area contributed by atoms with Gasteiger partial charge in [0.25, 0.3) is 0 Å². The van der Waals surface area contributed by atoms with Gasteiger partial charge < -0.3 is 10.1 Å². The van der Waals surface area contributed by atoms with Crippen LogP contribution in [0.2, 0.25) is 0 Å². The van der Waals surface area contributed by atoms with Crippen LogP contribution in [-0.2, 0) is 6.54 Å². The highest BCUT2D eigenvalue weighted by molar-refractivity contribution is 5.38. The van der Waals surface area contributed by atoms with E-state index in [-0.39, 0.29) is 5.75 Å². The van der Waals surface area contributed by atoms with Crippen LogP contribution in [0.15, 0.2) is 29.1 Å². The van der Waals surface area contributed by atoms with Gasteiger partial charge in [0.05, 0.1) is 12.2 Å². The van der Waals surface area contributed by atoms with Crippen molar-refractivity contribution in [2.75, 3.05) is 7.05 Å². The molecular formula is C11H11F3N4O2. The number of rotatable bonds is 4. The van der Waals surface area contributed by atoms with Gasteiger partial charge in [-0.1, -0.05) is 0 Å². The zero-order valence-corrected chi connectivity index (χ0v) is 10.4. The van der Waals surface area contributed by atoms with Crippen LogP contribution in [0.4, 0.5) is 13.2 Å². The van der Waals surface area contributed by atoms with Crippen molar-refractivity contribution < 1.29 is 17.9 Å². The highest BCUT2D eigenvalue weighted by atomic mass is 19.4. The van der Waals surface area contributed by atoms with E-state index in [4.69, 9.17) is 0 Å². The predicted molar refractivity (Wildman–Crippen MR) is 63.6 cm³/mol. The minimum atomic E-state index is -4.74. The smallest absolute Gasteiger partial charge is 0.406 e. The first kappa shape index (κ1) is 14.1. The molecule has 0 amide bonds. The highest BCUT2D eigenvalue weighted by Crippen LogP contribution is 2.23. The third-order valence-electron chi connectivity index (χ3n) is 2.41. The monoisotopic (exact) mass is 288 g/mol. The molecule has 0 spiro atoms. The van der Waals surface area contributed by atoms with Gasteiger partial charge in [-0.3, -0.25) is 0 Å². The molecule has 1 heterocycles. The molecule has 0 atom stereocenters. The van der Waals surface area contributed by atoms with Crippen molar-refractivity contribution >= 4 is 0 Å². The van der Waals surface area contributed by atoms with Gasteiger partial charge in [-0.15, -0.1) is 13.2 Å². The largest absolute Gasteiger partial charge is 0.573 e. The minimum absolute atomic E-state index is 0.333. The summed E-state index contributed by atoms with van der Waals surface area (Å²) in [5.74, 6) is 0.0648. The lowest BCUT2D eigenvalue weighted by Crippen LogP contribution is -2.20. The van der Waals surface area contributed by atoms with E-state index in [9.17, 15) is 18.0 Å². The summed E-state index contributed by atoms with van der Waals surface area (Å²) in [4.78, 5) is 11.6. The maximum atomic E-state index is 12.0. The van der Waals surface area contributed by atoms with Crippen molar-refractivity contribution in [3.8, 4) is 11.4 Å². The summed E-state index contributed by atoms with van der Waals surface area (Å²) < 4.78 is 41.1. The molecule has 2 N–H and O–H groups in total. The number of benzene rings is 1. The zero-order valence-electron chi connectivity index (χ0n) is 10.4. The third kappa shape index (κ3) is 3.18. The van der Waals surface area contributed by atoms with E-state index in [2.05, 4.69) is 20.3 Å². The second kappa shape index (κ2) is 5.37. The Kier molecular flexibility index (Phi) is 3.79. The Morgan fingerprint density at radius 3 is 2.55 bits per heavy atom. The Labute approximate surface area is 111 Å². The molecule has 0 saturated carbocycles. The molecule has 20 heavy (non-hydrogen) atoms. The summed E-state index contributed by atoms with van der Waals surface area (Å²) in [5.41, 5.74) is -0.0803. The standard InChI is InChI=1S/C11H11F3N4O2/c1-15-6-9-16-17-10(19)18(9)7-2-4-8(5-3-7)20-11(12,13)14/h2-5,15H,6H2,1H3,(H,17,19). The van der Waals surface area contributed by atoms with Gasteiger partial charge in [0.15, 0.2) is 5.82 Å². The molecule has 2 rings (SSSR count). The number of nitrogens with one attached hydrogen (secondary N) is 2. The fraction of sp³-hybridized carbons (Fsp3) is 0.273. The summed E-state index contributed by atoms with van der Waals surface area (Å²) >= 11 is 0. The molecule has 9 heteroatoms. The number of hydrogen-bond donors (Lipinski definition) is 2.